The van der Waals surface area contributed by atoms with Gasteiger partial charge in [0.25, 0.3) is 0 Å². The van der Waals surface area contributed by atoms with E-state index in [1.54, 1.807) is 0 Å². The smallest absolute Gasteiger partial charge is 0.141 e. The molecule has 1 aliphatic rings. The summed E-state index contributed by atoms with van der Waals surface area (Å²) in [6, 6.07) is 3.98. The Morgan fingerprint density at radius 2 is 2.27 bits per heavy atom. The van der Waals surface area contributed by atoms with Gasteiger partial charge in [-0.2, -0.15) is 0 Å². The van der Waals surface area contributed by atoms with E-state index in [0.717, 1.165) is 24.0 Å². The van der Waals surface area contributed by atoms with E-state index < -0.39 is 0 Å². The van der Waals surface area contributed by atoms with E-state index in [4.69, 9.17) is 4.74 Å². The van der Waals surface area contributed by atoms with Gasteiger partial charge in [0.2, 0.25) is 0 Å². The van der Waals surface area contributed by atoms with E-state index in [0.29, 0.717) is 5.92 Å². The minimum Gasteiger partial charge on any atom is -0.491 e. The average Bonchev–Trinajstić information content (AvgIpc) is 2.16. The molecule has 2 nitrogen and oxygen atoms in total. The molecule has 0 amide bonds. The van der Waals surface area contributed by atoms with Crippen LogP contribution in [0.1, 0.15) is 44.7 Å². The number of rotatable bonds is 4. The molecule has 1 aromatic rings. The van der Waals surface area contributed by atoms with Crippen molar-refractivity contribution in [1.29, 1.82) is 0 Å². The lowest BCUT2D eigenvalue weighted by molar-refractivity contribution is 0.178. The van der Waals surface area contributed by atoms with Crippen LogP contribution in [0.25, 0.3) is 0 Å². The van der Waals surface area contributed by atoms with Crippen LogP contribution in [-0.4, -0.2) is 11.6 Å². The zero-order valence-electron chi connectivity index (χ0n) is 9.57. The highest BCUT2D eigenvalue weighted by Gasteiger charge is 2.18. The Morgan fingerprint density at radius 3 is 2.87 bits per heavy atom. The van der Waals surface area contributed by atoms with Crippen LogP contribution in [-0.2, 0) is 0 Å². The molecule has 0 bridgehead atoms. The SMILES string of the molecule is CC(C)c1ncccc1OCC1CCC1. The highest BCUT2D eigenvalue weighted by molar-refractivity contribution is 5.29. The topological polar surface area (TPSA) is 22.1 Å². The lowest BCUT2D eigenvalue weighted by atomic mass is 9.86. The Kier molecular flexibility index (Phi) is 3.24. The first-order chi connectivity index (χ1) is 7.27. The van der Waals surface area contributed by atoms with Crippen molar-refractivity contribution in [3.8, 4) is 5.75 Å². The molecule has 2 rings (SSSR count). The van der Waals surface area contributed by atoms with Crippen molar-refractivity contribution in [2.45, 2.75) is 39.0 Å². The summed E-state index contributed by atoms with van der Waals surface area (Å²) in [6.07, 6.45) is 5.87. The van der Waals surface area contributed by atoms with Crippen molar-refractivity contribution in [2.75, 3.05) is 6.61 Å². The number of hydrogen-bond acceptors (Lipinski definition) is 2. The molecule has 0 atom stereocenters. The van der Waals surface area contributed by atoms with Gasteiger partial charge in [-0.25, -0.2) is 0 Å². The predicted octanol–water partition coefficient (Wildman–Crippen LogP) is 3.38. The van der Waals surface area contributed by atoms with Gasteiger partial charge >= 0.3 is 0 Å². The van der Waals surface area contributed by atoms with Crippen molar-refractivity contribution in [1.82, 2.24) is 4.98 Å². The van der Waals surface area contributed by atoms with Crippen molar-refractivity contribution >= 4 is 0 Å². The van der Waals surface area contributed by atoms with Gasteiger partial charge in [0.1, 0.15) is 5.75 Å². The average molecular weight is 205 g/mol. The predicted molar refractivity (Wildman–Crippen MR) is 61.2 cm³/mol. The molecular weight excluding hydrogens is 186 g/mol. The summed E-state index contributed by atoms with van der Waals surface area (Å²) in [6.45, 7) is 5.17. The minimum absolute atomic E-state index is 0.433. The number of hydrogen-bond donors (Lipinski definition) is 0. The van der Waals surface area contributed by atoms with Crippen molar-refractivity contribution in [3.05, 3.63) is 24.0 Å². The Labute approximate surface area is 91.7 Å². The van der Waals surface area contributed by atoms with Crippen LogP contribution in [0.4, 0.5) is 0 Å². The molecule has 82 valence electrons. The van der Waals surface area contributed by atoms with E-state index in [2.05, 4.69) is 18.8 Å². The van der Waals surface area contributed by atoms with Crippen LogP contribution in [0.3, 0.4) is 0 Å². The lowest BCUT2D eigenvalue weighted by Gasteiger charge is -2.25. The molecule has 2 heteroatoms. The van der Waals surface area contributed by atoms with Gasteiger partial charge in [-0.1, -0.05) is 20.3 Å². The quantitative estimate of drug-likeness (QED) is 0.751. The third kappa shape index (κ3) is 2.49. The molecule has 0 aliphatic heterocycles. The van der Waals surface area contributed by atoms with Crippen molar-refractivity contribution in [2.24, 2.45) is 5.92 Å². The maximum Gasteiger partial charge on any atom is 0.141 e. The Morgan fingerprint density at radius 1 is 1.47 bits per heavy atom. The van der Waals surface area contributed by atoms with E-state index in [1.807, 2.05) is 18.3 Å². The molecule has 1 heterocycles. The Balaban J connectivity index is 1.99. The lowest BCUT2D eigenvalue weighted by Crippen LogP contribution is -2.19. The van der Waals surface area contributed by atoms with Gasteiger partial charge in [-0.3, -0.25) is 4.98 Å². The normalized spacial score (nSPS) is 16.5. The van der Waals surface area contributed by atoms with Crippen LogP contribution in [0, 0.1) is 5.92 Å². The molecule has 0 aromatic carbocycles. The summed E-state index contributed by atoms with van der Waals surface area (Å²) < 4.78 is 5.84. The summed E-state index contributed by atoms with van der Waals surface area (Å²) >= 11 is 0. The Bertz CT molecular complexity index is 318. The molecule has 1 aliphatic carbocycles. The van der Waals surface area contributed by atoms with Gasteiger partial charge in [0, 0.05) is 6.20 Å². The van der Waals surface area contributed by atoms with Crippen LogP contribution in [0.5, 0.6) is 5.75 Å². The first kappa shape index (κ1) is 10.5. The zero-order valence-corrected chi connectivity index (χ0v) is 9.57. The molecule has 1 fully saturated rings. The van der Waals surface area contributed by atoms with Gasteiger partial charge in [0.15, 0.2) is 0 Å². The maximum absolute atomic E-state index is 5.84. The zero-order chi connectivity index (χ0) is 10.7. The van der Waals surface area contributed by atoms with E-state index in [1.165, 1.54) is 19.3 Å². The third-order valence-corrected chi connectivity index (χ3v) is 3.05. The van der Waals surface area contributed by atoms with Gasteiger partial charge in [-0.05, 0) is 36.8 Å². The summed E-state index contributed by atoms with van der Waals surface area (Å²) in [5, 5.41) is 0. The fourth-order valence-corrected chi connectivity index (χ4v) is 1.83. The second-order valence-electron chi connectivity index (χ2n) is 4.65. The molecular formula is C13H19NO. The van der Waals surface area contributed by atoms with Crippen molar-refractivity contribution in [3.63, 3.8) is 0 Å². The Hall–Kier alpha value is -1.05. The molecule has 15 heavy (non-hydrogen) atoms. The first-order valence-electron chi connectivity index (χ1n) is 5.85. The third-order valence-electron chi connectivity index (χ3n) is 3.05. The van der Waals surface area contributed by atoms with Gasteiger partial charge in [0.05, 0.1) is 12.3 Å². The van der Waals surface area contributed by atoms with Crippen LogP contribution >= 0.6 is 0 Å². The first-order valence-corrected chi connectivity index (χ1v) is 5.85. The van der Waals surface area contributed by atoms with Gasteiger partial charge in [-0.15, -0.1) is 0 Å². The van der Waals surface area contributed by atoms with Crippen LogP contribution < -0.4 is 4.74 Å². The largest absolute Gasteiger partial charge is 0.491 e. The molecule has 1 aromatic heterocycles. The molecule has 1 saturated carbocycles. The monoisotopic (exact) mass is 205 g/mol. The fourth-order valence-electron chi connectivity index (χ4n) is 1.83. The second kappa shape index (κ2) is 4.65. The number of aromatic nitrogens is 1. The maximum atomic E-state index is 5.84. The molecule has 0 radical (unpaired) electrons. The standard InChI is InChI=1S/C13H19NO/c1-10(2)13-12(7-4-8-14-13)15-9-11-5-3-6-11/h4,7-8,10-11H,3,5-6,9H2,1-2H3. The summed E-state index contributed by atoms with van der Waals surface area (Å²) in [5.41, 5.74) is 1.08. The van der Waals surface area contributed by atoms with Crippen molar-refractivity contribution < 1.29 is 4.74 Å². The van der Waals surface area contributed by atoms with Gasteiger partial charge < -0.3 is 4.74 Å². The summed E-state index contributed by atoms with van der Waals surface area (Å²) in [7, 11) is 0. The highest BCUT2D eigenvalue weighted by atomic mass is 16.5. The number of pyridine rings is 1. The number of nitrogens with zero attached hydrogens (tertiary/aromatic N) is 1. The summed E-state index contributed by atoms with van der Waals surface area (Å²) in [5.74, 6) is 2.19. The molecule has 0 spiro atoms. The summed E-state index contributed by atoms with van der Waals surface area (Å²) in [4.78, 5) is 4.37. The molecule has 0 N–H and O–H groups in total. The van der Waals surface area contributed by atoms with E-state index in [-0.39, 0.29) is 0 Å². The molecule has 0 saturated heterocycles. The van der Waals surface area contributed by atoms with E-state index >= 15 is 0 Å². The molecule has 0 unspecified atom stereocenters. The number of ether oxygens (including phenoxy) is 1. The van der Waals surface area contributed by atoms with Crippen LogP contribution in [0.15, 0.2) is 18.3 Å². The van der Waals surface area contributed by atoms with Crippen LogP contribution in [0.2, 0.25) is 0 Å². The fraction of sp³-hybridized carbons (Fsp3) is 0.615. The highest BCUT2D eigenvalue weighted by Crippen LogP contribution is 2.29. The van der Waals surface area contributed by atoms with E-state index in [9.17, 15) is 0 Å². The minimum atomic E-state index is 0.433. The second-order valence-corrected chi connectivity index (χ2v) is 4.65.